The first kappa shape index (κ1) is 76.0. The first-order valence-electron chi connectivity index (χ1n) is 32.1. The van der Waals surface area contributed by atoms with Gasteiger partial charge in [0.15, 0.2) is 6.10 Å². The van der Waals surface area contributed by atoms with Gasteiger partial charge in [-0.3, -0.25) is 38.5 Å². The average Bonchev–Trinajstić information content (AvgIpc) is 1.74. The molecule has 0 aromatic heterocycles. The number of rotatable bonds is 31. The Kier molecular flexibility index (Phi) is 29.5. The highest BCUT2D eigenvalue weighted by Crippen LogP contribution is 2.38. The van der Waals surface area contributed by atoms with Gasteiger partial charge in [0, 0.05) is 88.8 Å². The van der Waals surface area contributed by atoms with Crippen LogP contribution in [0.1, 0.15) is 144 Å². The van der Waals surface area contributed by atoms with Crippen LogP contribution >= 0.6 is 0 Å². The normalized spacial score (nSPS) is 25.1. The maximum atomic E-state index is 14.3. The predicted octanol–water partition coefficient (Wildman–Crippen LogP) is 5.05. The Morgan fingerprint density at radius 2 is 1.63 bits per heavy atom. The zero-order valence-electron chi connectivity index (χ0n) is 55.0. The van der Waals surface area contributed by atoms with Crippen molar-refractivity contribution in [3.8, 4) is 0 Å². The molecule has 10 N–H and O–H groups in total. The van der Waals surface area contributed by atoms with E-state index in [0.29, 0.717) is 48.9 Å². The second kappa shape index (κ2) is 36.1. The van der Waals surface area contributed by atoms with Crippen LogP contribution in [0.15, 0.2) is 72.4 Å². The van der Waals surface area contributed by atoms with Gasteiger partial charge in [0.2, 0.25) is 17.7 Å². The number of hydrogen-bond acceptors (Lipinski definition) is 18. The summed E-state index contributed by atoms with van der Waals surface area (Å²) in [5, 5.41) is 53.0. The molecule has 516 valence electrons. The van der Waals surface area contributed by atoms with Gasteiger partial charge in [-0.05, 0) is 107 Å². The molecule has 27 heteroatoms. The number of imide groups is 1. The van der Waals surface area contributed by atoms with E-state index in [2.05, 4.69) is 21.3 Å². The summed E-state index contributed by atoms with van der Waals surface area (Å²) in [6, 6.07) is 2.58. The van der Waals surface area contributed by atoms with E-state index in [4.69, 9.17) is 29.4 Å². The lowest BCUT2D eigenvalue weighted by Crippen LogP contribution is -2.57. The number of unbranched alkanes of at least 4 members (excludes halogenated alkanes) is 2. The molecule has 27 nitrogen and oxygen atoms in total. The molecule has 13 atom stereocenters. The standard InChI is InChI=1S/C66H98N8O19/c1-10-49(76)43(6)59-50(91-59)37-65(7,88)30-14-16-41(4)58-42(5)19-25-51(66(8,89-9)31-29-47(75)36-56(82)93-58)92-63(86)72-34-35-73(46(38-72)24-28-55(80)81)64(87)90-39-44-20-22-45(23-21-44)69-60(83)48(17-15-32-68-62(67)85)70-61(84)57(40(2)3)71-52(77)18-12-11-13-33-74-53(78)26-27-54(74)79/h14,16,19-23,25-27,30,40,42-43,46-51,57-59,75-76,88H,10-13,15,17-18,24,28-29,31-39H2,1-9H3,(H,69,83)(H,70,84)(H,71,77)(H,80,81)(H3,67,68,85)/b25-19-,30-14+,41-16+/t42-,43+,46+,47+,48-,49-,50+,51-,57-,58+,59+,65-,66+/m0/s1. The third kappa shape index (κ3) is 24.3. The lowest BCUT2D eigenvalue weighted by Gasteiger charge is -2.41. The Balaban J connectivity index is 1.20. The number of aliphatic hydroxyl groups is 3. The largest absolute Gasteiger partial charge is 0.481 e. The van der Waals surface area contributed by atoms with E-state index in [1.165, 1.54) is 29.1 Å². The number of piperazine rings is 1. The van der Waals surface area contributed by atoms with Gasteiger partial charge in [0.25, 0.3) is 11.8 Å². The number of urea groups is 1. The second-order valence-electron chi connectivity index (χ2n) is 25.4. The number of epoxide rings is 1. The van der Waals surface area contributed by atoms with E-state index < -0.39 is 108 Å². The fourth-order valence-corrected chi connectivity index (χ4v) is 11.3. The summed E-state index contributed by atoms with van der Waals surface area (Å²) in [5.41, 5.74) is 4.19. The Bertz CT molecular complexity index is 2860. The van der Waals surface area contributed by atoms with Crippen molar-refractivity contribution in [2.24, 2.45) is 23.5 Å². The number of cyclic esters (lactones) is 1. The van der Waals surface area contributed by atoms with Gasteiger partial charge in [-0.1, -0.05) is 77.5 Å². The van der Waals surface area contributed by atoms with Crippen LogP contribution in [-0.2, 0) is 63.9 Å². The quantitative estimate of drug-likeness (QED) is 0.00893. The highest BCUT2D eigenvalue weighted by atomic mass is 16.6. The van der Waals surface area contributed by atoms with Crippen molar-refractivity contribution in [1.82, 2.24) is 30.7 Å². The van der Waals surface area contributed by atoms with Crippen LogP contribution in [-0.4, -0.2) is 201 Å². The minimum absolute atomic E-state index is 0.0243. The Morgan fingerprint density at radius 1 is 0.935 bits per heavy atom. The van der Waals surface area contributed by atoms with Crippen molar-refractivity contribution in [3.05, 3.63) is 77.9 Å². The number of amides is 9. The summed E-state index contributed by atoms with van der Waals surface area (Å²) in [7, 11) is 1.44. The van der Waals surface area contributed by atoms with Crippen LogP contribution in [0.3, 0.4) is 0 Å². The average molecular weight is 1310 g/mol. The summed E-state index contributed by atoms with van der Waals surface area (Å²) in [6.07, 6.45) is 7.59. The Labute approximate surface area is 544 Å². The Hall–Kier alpha value is -7.72. The molecule has 4 heterocycles. The van der Waals surface area contributed by atoms with E-state index in [-0.39, 0.29) is 127 Å². The number of allylic oxidation sites excluding steroid dienone is 2. The van der Waals surface area contributed by atoms with E-state index in [1.807, 2.05) is 20.8 Å². The smallest absolute Gasteiger partial charge is 0.410 e. The molecular weight excluding hydrogens is 1210 g/mol. The van der Waals surface area contributed by atoms with Gasteiger partial charge in [0.05, 0.1) is 42.5 Å². The summed E-state index contributed by atoms with van der Waals surface area (Å²) in [6.45, 7) is 14.1. The number of nitrogens with two attached hydrogens (primary N) is 1. The number of carboxylic acid groups (broad SMARTS) is 1. The molecule has 0 bridgehead atoms. The maximum Gasteiger partial charge on any atom is 0.410 e. The summed E-state index contributed by atoms with van der Waals surface area (Å²) >= 11 is 0. The van der Waals surface area contributed by atoms with Gasteiger partial charge < -0.3 is 80.9 Å². The van der Waals surface area contributed by atoms with Gasteiger partial charge in [-0.15, -0.1) is 0 Å². The fourth-order valence-electron chi connectivity index (χ4n) is 11.3. The maximum absolute atomic E-state index is 14.3. The summed E-state index contributed by atoms with van der Waals surface area (Å²) in [4.78, 5) is 133. The van der Waals surface area contributed by atoms with Gasteiger partial charge in [-0.2, -0.15) is 0 Å². The van der Waals surface area contributed by atoms with Crippen LogP contribution in [0.25, 0.3) is 0 Å². The van der Waals surface area contributed by atoms with Crippen molar-refractivity contribution in [2.45, 2.75) is 211 Å². The number of carbonyl (C=O) groups excluding carboxylic acids is 9. The number of methoxy groups -OCH3 is 1. The molecule has 2 saturated heterocycles. The number of primary amides is 1. The van der Waals surface area contributed by atoms with Crippen LogP contribution in [0.5, 0.6) is 0 Å². The van der Waals surface area contributed by atoms with Crippen LogP contribution < -0.4 is 27.0 Å². The lowest BCUT2D eigenvalue weighted by atomic mass is 9.88. The van der Waals surface area contributed by atoms with Gasteiger partial charge >= 0.3 is 30.2 Å². The molecule has 4 aliphatic rings. The number of carbonyl (C=O) groups is 10. The number of hydrogen-bond donors (Lipinski definition) is 9. The number of carboxylic acids is 1. The molecule has 5 rings (SSSR count). The minimum Gasteiger partial charge on any atom is -0.481 e. The van der Waals surface area contributed by atoms with Gasteiger partial charge in [-0.25, -0.2) is 14.4 Å². The molecule has 0 radical (unpaired) electrons. The molecular formula is C66H98N8O19. The molecule has 93 heavy (non-hydrogen) atoms. The Morgan fingerprint density at radius 3 is 2.28 bits per heavy atom. The topological polar surface area (TPSA) is 385 Å². The molecule has 2 fully saturated rings. The zero-order valence-corrected chi connectivity index (χ0v) is 55.0. The number of aliphatic hydroxyl groups excluding tert-OH is 2. The predicted molar refractivity (Wildman–Crippen MR) is 340 cm³/mol. The van der Waals surface area contributed by atoms with E-state index >= 15 is 0 Å². The molecule has 0 aliphatic carbocycles. The highest BCUT2D eigenvalue weighted by Gasteiger charge is 2.47. The molecule has 1 aromatic carbocycles. The van der Waals surface area contributed by atoms with E-state index in [1.54, 1.807) is 89.3 Å². The summed E-state index contributed by atoms with van der Waals surface area (Å²) < 4.78 is 29.7. The monoisotopic (exact) mass is 1310 g/mol. The molecule has 9 amide bonds. The van der Waals surface area contributed by atoms with Crippen LogP contribution in [0.4, 0.5) is 20.1 Å². The van der Waals surface area contributed by atoms with Crippen molar-refractivity contribution >= 4 is 65.4 Å². The third-order valence-corrected chi connectivity index (χ3v) is 17.3. The number of aliphatic carboxylic acids is 1. The minimum atomic E-state index is -1.26. The first-order valence-corrected chi connectivity index (χ1v) is 32.1. The number of esters is 1. The van der Waals surface area contributed by atoms with E-state index in [9.17, 15) is 68.4 Å². The molecule has 1 aromatic rings. The fraction of sp³-hybridized carbons (Fsp3) is 0.636. The SMILES string of the molecule is CC[C@H](O)[C@@H](C)[C@H]1O[C@@H]1C[C@@](C)(O)/C=C/C=C(\C)[C@H]1OC(=O)C[C@H](O)CC[C@@](C)(OC)[C@@H](OC(=O)N2CCN(C(=O)OCc3ccc(NC(=O)[C@H](CCCNC(N)=O)NC(=O)[C@@H](NC(=O)CCCCCN4C(=O)C=CC4=O)C(C)C)cc3)[C@H](CCC(=O)O)C2)/C=C\[C@@H]1C. The van der Waals surface area contributed by atoms with Crippen LogP contribution in [0, 0.1) is 17.8 Å². The molecule has 0 saturated carbocycles. The van der Waals surface area contributed by atoms with E-state index in [0.717, 1.165) is 4.90 Å². The zero-order chi connectivity index (χ0) is 68.7. The van der Waals surface area contributed by atoms with Crippen LogP contribution in [0.2, 0.25) is 0 Å². The molecule has 0 spiro atoms. The number of nitrogens with zero attached hydrogens (tertiary/aromatic N) is 3. The van der Waals surface area contributed by atoms with Crippen molar-refractivity contribution in [3.63, 3.8) is 0 Å². The van der Waals surface area contributed by atoms with Crippen molar-refractivity contribution in [1.29, 1.82) is 0 Å². The van der Waals surface area contributed by atoms with Crippen molar-refractivity contribution in [2.75, 3.05) is 45.2 Å². The summed E-state index contributed by atoms with van der Waals surface area (Å²) in [5.74, 6) is -5.13. The molecule has 0 unspecified atom stereocenters. The van der Waals surface area contributed by atoms with Crippen molar-refractivity contribution < 1.29 is 92.1 Å². The number of anilines is 1. The molecule has 4 aliphatic heterocycles. The number of ether oxygens (including phenoxy) is 5. The second-order valence-corrected chi connectivity index (χ2v) is 25.4. The lowest BCUT2D eigenvalue weighted by molar-refractivity contribution is -0.152. The third-order valence-electron chi connectivity index (χ3n) is 17.3. The highest BCUT2D eigenvalue weighted by molar-refractivity contribution is 6.12. The van der Waals surface area contributed by atoms with Gasteiger partial charge in [0.1, 0.15) is 30.4 Å². The first-order chi connectivity index (χ1) is 43.9. The number of nitrogens with one attached hydrogen (secondary N) is 4. The number of benzene rings is 1.